The maximum atomic E-state index is 13.4. The van der Waals surface area contributed by atoms with Crippen molar-refractivity contribution in [1.82, 2.24) is 15.0 Å². The van der Waals surface area contributed by atoms with Crippen molar-refractivity contribution in [2.75, 3.05) is 0 Å². The number of hydrogen-bond donors (Lipinski definition) is 0. The van der Waals surface area contributed by atoms with Crippen molar-refractivity contribution in [3.8, 4) is 0 Å². The summed E-state index contributed by atoms with van der Waals surface area (Å²) in [6, 6.07) is 1.39. The molecule has 2 aromatic rings. The topological polar surface area (TPSA) is 38.7 Å². The molecular formula is C11H14FN3. The zero-order chi connectivity index (χ0) is 11.4. The lowest BCUT2D eigenvalue weighted by Gasteiger charge is -2.01. The molecule has 0 aliphatic heterocycles. The summed E-state index contributed by atoms with van der Waals surface area (Å²) in [6.07, 6.45) is 1.39. The van der Waals surface area contributed by atoms with E-state index < -0.39 is 0 Å². The van der Waals surface area contributed by atoms with E-state index in [1.165, 1.54) is 12.4 Å². The molecule has 0 saturated carbocycles. The monoisotopic (exact) mass is 207 g/mol. The van der Waals surface area contributed by atoms with E-state index >= 15 is 0 Å². The maximum absolute atomic E-state index is 13.4. The molecule has 0 fully saturated rings. The minimum absolute atomic E-state index is 0.305. The van der Waals surface area contributed by atoms with Gasteiger partial charge < -0.3 is 0 Å². The lowest BCUT2D eigenvalue weighted by atomic mass is 10.2. The number of aromatic nitrogens is 3. The van der Waals surface area contributed by atoms with E-state index in [4.69, 9.17) is 0 Å². The van der Waals surface area contributed by atoms with Gasteiger partial charge in [0.2, 0.25) is 0 Å². The number of halogens is 1. The molecule has 0 aliphatic carbocycles. The molecule has 0 atom stereocenters. The van der Waals surface area contributed by atoms with Crippen LogP contribution in [-0.4, -0.2) is 15.0 Å². The fraction of sp³-hybridized carbons (Fsp3) is 0.364. The third-order valence-electron chi connectivity index (χ3n) is 1.87. The average Bonchev–Trinajstić information content (AvgIpc) is 2.19. The Morgan fingerprint density at radius 1 is 1.13 bits per heavy atom. The van der Waals surface area contributed by atoms with Gasteiger partial charge in [0.05, 0.1) is 11.1 Å². The predicted molar refractivity (Wildman–Crippen MR) is 58.1 cm³/mol. The zero-order valence-corrected chi connectivity index (χ0v) is 9.37. The normalized spacial score (nSPS) is 9.67. The van der Waals surface area contributed by atoms with Crippen molar-refractivity contribution in [2.24, 2.45) is 0 Å². The third-order valence-corrected chi connectivity index (χ3v) is 1.87. The van der Waals surface area contributed by atoms with Crippen LogP contribution in [0.15, 0.2) is 12.4 Å². The summed E-state index contributed by atoms with van der Waals surface area (Å²) < 4.78 is 13.4. The van der Waals surface area contributed by atoms with E-state index in [0.29, 0.717) is 22.4 Å². The molecule has 2 aromatic heterocycles. The van der Waals surface area contributed by atoms with Crippen molar-refractivity contribution in [3.05, 3.63) is 29.6 Å². The van der Waals surface area contributed by atoms with Gasteiger partial charge in [0.1, 0.15) is 12.1 Å². The molecule has 0 bridgehead atoms. The van der Waals surface area contributed by atoms with Crippen molar-refractivity contribution in [1.29, 1.82) is 0 Å². The standard InChI is InChI=1S/C9H8FN3.C2H6/c1-5-3-7(10)8-6(2)11-4-12-9(8)13-5;1-2/h3-4H,1-2H3;1-2H3. The van der Waals surface area contributed by atoms with Crippen LogP contribution in [0.5, 0.6) is 0 Å². The Labute approximate surface area is 88.4 Å². The number of pyridine rings is 1. The number of aryl methyl sites for hydroxylation is 2. The van der Waals surface area contributed by atoms with Gasteiger partial charge in [0.25, 0.3) is 0 Å². The lowest BCUT2D eigenvalue weighted by Crippen LogP contribution is -1.95. The zero-order valence-electron chi connectivity index (χ0n) is 9.37. The van der Waals surface area contributed by atoms with E-state index in [0.717, 1.165) is 0 Å². The van der Waals surface area contributed by atoms with Gasteiger partial charge in [-0.2, -0.15) is 0 Å². The summed E-state index contributed by atoms with van der Waals surface area (Å²) >= 11 is 0. The van der Waals surface area contributed by atoms with E-state index in [-0.39, 0.29) is 5.82 Å². The first-order chi connectivity index (χ1) is 7.18. The van der Waals surface area contributed by atoms with Crippen LogP contribution >= 0.6 is 0 Å². The highest BCUT2D eigenvalue weighted by Gasteiger charge is 2.07. The van der Waals surface area contributed by atoms with Crippen LogP contribution < -0.4 is 0 Å². The summed E-state index contributed by atoms with van der Waals surface area (Å²) in [4.78, 5) is 11.9. The summed E-state index contributed by atoms with van der Waals surface area (Å²) in [7, 11) is 0. The molecule has 0 radical (unpaired) electrons. The fourth-order valence-corrected chi connectivity index (χ4v) is 1.28. The molecule has 80 valence electrons. The Morgan fingerprint density at radius 3 is 2.47 bits per heavy atom. The fourth-order valence-electron chi connectivity index (χ4n) is 1.28. The van der Waals surface area contributed by atoms with Crippen LogP contribution in [0.4, 0.5) is 4.39 Å². The van der Waals surface area contributed by atoms with Gasteiger partial charge in [-0.25, -0.2) is 19.3 Å². The van der Waals surface area contributed by atoms with Crippen LogP contribution in [0.2, 0.25) is 0 Å². The van der Waals surface area contributed by atoms with Crippen molar-refractivity contribution in [2.45, 2.75) is 27.7 Å². The molecular weight excluding hydrogens is 193 g/mol. The van der Waals surface area contributed by atoms with Gasteiger partial charge in [-0.3, -0.25) is 0 Å². The SMILES string of the molecule is CC.Cc1cc(F)c2c(C)ncnc2n1. The first kappa shape index (κ1) is 11.5. The van der Waals surface area contributed by atoms with Gasteiger partial charge in [-0.1, -0.05) is 13.8 Å². The highest BCUT2D eigenvalue weighted by atomic mass is 19.1. The second-order valence-electron chi connectivity index (χ2n) is 2.90. The summed E-state index contributed by atoms with van der Waals surface area (Å²) in [5, 5.41) is 0.410. The van der Waals surface area contributed by atoms with Crippen molar-refractivity contribution >= 4 is 11.0 Å². The van der Waals surface area contributed by atoms with Crippen LogP contribution in [0.25, 0.3) is 11.0 Å². The quantitative estimate of drug-likeness (QED) is 0.666. The summed E-state index contributed by atoms with van der Waals surface area (Å²) in [5.41, 5.74) is 1.67. The number of fused-ring (bicyclic) bond motifs is 1. The Kier molecular flexibility index (Phi) is 3.66. The molecule has 0 aliphatic rings. The molecule has 0 unspecified atom stereocenters. The summed E-state index contributed by atoms with van der Waals surface area (Å²) in [5.74, 6) is -0.305. The molecule has 0 saturated heterocycles. The molecule has 3 nitrogen and oxygen atoms in total. The van der Waals surface area contributed by atoms with Gasteiger partial charge >= 0.3 is 0 Å². The first-order valence-corrected chi connectivity index (χ1v) is 4.93. The predicted octanol–water partition coefficient (Wildman–Crippen LogP) is 2.81. The highest BCUT2D eigenvalue weighted by Crippen LogP contribution is 2.16. The second kappa shape index (κ2) is 4.77. The van der Waals surface area contributed by atoms with Gasteiger partial charge in [0, 0.05) is 5.69 Å². The molecule has 0 N–H and O–H groups in total. The van der Waals surface area contributed by atoms with Gasteiger partial charge in [-0.15, -0.1) is 0 Å². The molecule has 0 aromatic carbocycles. The largest absolute Gasteiger partial charge is 0.241 e. The molecule has 4 heteroatoms. The minimum Gasteiger partial charge on any atom is -0.241 e. The number of hydrogen-bond acceptors (Lipinski definition) is 3. The van der Waals surface area contributed by atoms with Gasteiger partial charge in [-0.05, 0) is 19.9 Å². The van der Waals surface area contributed by atoms with Crippen LogP contribution in [0, 0.1) is 19.7 Å². The highest BCUT2D eigenvalue weighted by molar-refractivity contribution is 5.77. The Bertz CT molecular complexity index is 469. The Morgan fingerprint density at radius 2 is 1.80 bits per heavy atom. The van der Waals surface area contributed by atoms with Crippen molar-refractivity contribution in [3.63, 3.8) is 0 Å². The molecule has 2 rings (SSSR count). The smallest absolute Gasteiger partial charge is 0.165 e. The van der Waals surface area contributed by atoms with E-state index in [2.05, 4.69) is 15.0 Å². The number of rotatable bonds is 0. The first-order valence-electron chi connectivity index (χ1n) is 4.93. The second-order valence-corrected chi connectivity index (χ2v) is 2.90. The maximum Gasteiger partial charge on any atom is 0.165 e. The molecule has 2 heterocycles. The van der Waals surface area contributed by atoms with E-state index in [9.17, 15) is 4.39 Å². The van der Waals surface area contributed by atoms with Gasteiger partial charge in [0.15, 0.2) is 5.65 Å². The molecule has 0 spiro atoms. The summed E-state index contributed by atoms with van der Waals surface area (Å²) in [6.45, 7) is 7.48. The van der Waals surface area contributed by atoms with Crippen LogP contribution in [0.1, 0.15) is 25.2 Å². The van der Waals surface area contributed by atoms with Crippen LogP contribution in [-0.2, 0) is 0 Å². The van der Waals surface area contributed by atoms with Crippen molar-refractivity contribution < 1.29 is 4.39 Å². The van der Waals surface area contributed by atoms with E-state index in [1.807, 2.05) is 13.8 Å². The van der Waals surface area contributed by atoms with Crippen LogP contribution in [0.3, 0.4) is 0 Å². The Balaban J connectivity index is 0.000000531. The van der Waals surface area contributed by atoms with E-state index in [1.54, 1.807) is 13.8 Å². The average molecular weight is 207 g/mol. The molecule has 0 amide bonds. The number of nitrogens with zero attached hydrogens (tertiary/aromatic N) is 3. The third kappa shape index (κ3) is 2.26. The lowest BCUT2D eigenvalue weighted by molar-refractivity contribution is 0.635. The minimum atomic E-state index is -0.305. The Hall–Kier alpha value is -1.58. The molecule has 15 heavy (non-hydrogen) atoms.